The number of benzene rings is 1. The monoisotopic (exact) mass is 374 g/mol. The average molecular weight is 374 g/mol. The summed E-state index contributed by atoms with van der Waals surface area (Å²) in [6.45, 7) is 4.40. The fourth-order valence-electron chi connectivity index (χ4n) is 3.03. The van der Waals surface area contributed by atoms with Gasteiger partial charge in [-0.2, -0.15) is 0 Å². The summed E-state index contributed by atoms with van der Waals surface area (Å²) >= 11 is 0. The highest BCUT2D eigenvalue weighted by molar-refractivity contribution is 5.93. The molecule has 28 heavy (non-hydrogen) atoms. The number of rotatable bonds is 8. The van der Waals surface area contributed by atoms with Gasteiger partial charge in [-0.15, -0.1) is 0 Å². The first-order valence-corrected chi connectivity index (χ1v) is 9.56. The van der Waals surface area contributed by atoms with Gasteiger partial charge in [-0.05, 0) is 48.7 Å². The summed E-state index contributed by atoms with van der Waals surface area (Å²) < 4.78 is 0. The third kappa shape index (κ3) is 5.16. The first-order valence-electron chi connectivity index (χ1n) is 9.56. The molecule has 5 nitrogen and oxygen atoms in total. The van der Waals surface area contributed by atoms with Crippen LogP contribution in [0.1, 0.15) is 28.4 Å². The molecule has 0 aliphatic heterocycles. The molecule has 3 rings (SSSR count). The highest BCUT2D eigenvalue weighted by Crippen LogP contribution is 2.16. The van der Waals surface area contributed by atoms with Crippen LogP contribution in [0.3, 0.4) is 0 Å². The summed E-state index contributed by atoms with van der Waals surface area (Å²) in [6, 6.07) is 18.1. The van der Waals surface area contributed by atoms with Gasteiger partial charge in [0.25, 0.3) is 5.91 Å². The van der Waals surface area contributed by atoms with Crippen LogP contribution >= 0.6 is 0 Å². The van der Waals surface area contributed by atoms with Crippen LogP contribution in [0.25, 0.3) is 0 Å². The molecule has 0 radical (unpaired) electrons. The van der Waals surface area contributed by atoms with Crippen LogP contribution in [0, 0.1) is 0 Å². The molecule has 0 unspecified atom stereocenters. The second kappa shape index (κ2) is 9.65. The lowest BCUT2D eigenvalue weighted by Crippen LogP contribution is -2.29. The van der Waals surface area contributed by atoms with E-state index in [0.29, 0.717) is 12.1 Å². The molecule has 0 aliphatic rings. The number of carbonyl (C=O) groups is 1. The van der Waals surface area contributed by atoms with E-state index >= 15 is 0 Å². The molecule has 0 saturated carbocycles. The maximum atomic E-state index is 12.7. The van der Waals surface area contributed by atoms with E-state index in [2.05, 4.69) is 33.9 Å². The molecule has 2 aromatic heterocycles. The lowest BCUT2D eigenvalue weighted by atomic mass is 10.2. The van der Waals surface area contributed by atoms with Gasteiger partial charge in [0, 0.05) is 45.3 Å². The van der Waals surface area contributed by atoms with Gasteiger partial charge in [0.1, 0.15) is 5.82 Å². The third-order valence-electron chi connectivity index (χ3n) is 4.75. The summed E-state index contributed by atoms with van der Waals surface area (Å²) in [5.41, 5.74) is 3.02. The van der Waals surface area contributed by atoms with Gasteiger partial charge in [0.15, 0.2) is 0 Å². The predicted molar refractivity (Wildman–Crippen MR) is 112 cm³/mol. The zero-order valence-corrected chi connectivity index (χ0v) is 16.5. The first-order chi connectivity index (χ1) is 13.7. The van der Waals surface area contributed by atoms with E-state index in [1.54, 1.807) is 23.5 Å². The van der Waals surface area contributed by atoms with Crippen LogP contribution in [-0.4, -0.2) is 40.9 Å². The topological polar surface area (TPSA) is 49.3 Å². The fraction of sp³-hybridized carbons (Fsp3) is 0.261. The first kappa shape index (κ1) is 19.5. The van der Waals surface area contributed by atoms with Crippen molar-refractivity contribution in [1.29, 1.82) is 0 Å². The molecular formula is C23H26N4O. The highest BCUT2D eigenvalue weighted by atomic mass is 16.2. The number of anilines is 1. The summed E-state index contributed by atoms with van der Waals surface area (Å²) in [5, 5.41) is 0. The molecule has 3 aromatic rings. The van der Waals surface area contributed by atoms with Gasteiger partial charge in [0.05, 0.1) is 5.56 Å². The van der Waals surface area contributed by atoms with Gasteiger partial charge >= 0.3 is 0 Å². The molecule has 0 atom stereocenters. The van der Waals surface area contributed by atoms with Crippen LogP contribution in [0.2, 0.25) is 0 Å². The Labute approximate surface area is 166 Å². The molecule has 0 spiro atoms. The average Bonchev–Trinajstić information content (AvgIpc) is 2.77. The van der Waals surface area contributed by atoms with Crippen molar-refractivity contribution in [2.75, 3.05) is 25.0 Å². The minimum Gasteiger partial charge on any atom is -0.353 e. The van der Waals surface area contributed by atoms with E-state index in [-0.39, 0.29) is 5.91 Å². The van der Waals surface area contributed by atoms with E-state index in [1.165, 1.54) is 11.1 Å². The minimum absolute atomic E-state index is 0.0146. The van der Waals surface area contributed by atoms with Crippen molar-refractivity contribution >= 4 is 11.7 Å². The van der Waals surface area contributed by atoms with Crippen LogP contribution in [0.5, 0.6) is 0 Å². The van der Waals surface area contributed by atoms with E-state index in [0.717, 1.165) is 25.3 Å². The number of pyridine rings is 2. The van der Waals surface area contributed by atoms with Gasteiger partial charge < -0.3 is 9.80 Å². The Morgan fingerprint density at radius 3 is 2.36 bits per heavy atom. The van der Waals surface area contributed by atoms with Crippen molar-refractivity contribution in [3.63, 3.8) is 0 Å². The Hall–Kier alpha value is -3.21. The van der Waals surface area contributed by atoms with E-state index < -0.39 is 0 Å². The van der Waals surface area contributed by atoms with Crippen LogP contribution < -0.4 is 4.90 Å². The molecular weight excluding hydrogens is 348 g/mol. The summed E-state index contributed by atoms with van der Waals surface area (Å²) in [5.74, 6) is 0.863. The molecule has 0 bridgehead atoms. The van der Waals surface area contributed by atoms with Crippen molar-refractivity contribution in [3.05, 3.63) is 89.9 Å². The molecule has 1 aromatic carbocycles. The number of carbonyl (C=O) groups excluding carboxylic acids is 1. The van der Waals surface area contributed by atoms with Crippen molar-refractivity contribution < 1.29 is 4.79 Å². The quantitative estimate of drug-likeness (QED) is 0.601. The summed E-state index contributed by atoms with van der Waals surface area (Å²) in [4.78, 5) is 25.1. The Balaban J connectivity index is 1.61. The number of likely N-dealkylation sites (N-methyl/N-ethyl adjacent to an activating group) is 1. The number of nitrogens with zero attached hydrogens (tertiary/aromatic N) is 4. The van der Waals surface area contributed by atoms with Crippen LogP contribution in [0.15, 0.2) is 73.2 Å². The molecule has 5 heteroatoms. The van der Waals surface area contributed by atoms with Gasteiger partial charge in [0.2, 0.25) is 0 Å². The Bertz CT molecular complexity index is 866. The van der Waals surface area contributed by atoms with Crippen LogP contribution in [0.4, 0.5) is 5.82 Å². The zero-order valence-electron chi connectivity index (χ0n) is 16.5. The second-order valence-corrected chi connectivity index (χ2v) is 6.74. The predicted octanol–water partition coefficient (Wildman–Crippen LogP) is 3.82. The third-order valence-corrected chi connectivity index (χ3v) is 4.75. The maximum absolute atomic E-state index is 12.7. The standard InChI is InChI=1S/C23H26N4O/c1-3-27(18-20-7-5-4-6-8-20)22-10-9-21(17-25-22)23(28)26(2)16-13-19-11-14-24-15-12-19/h4-12,14-15,17H,3,13,16,18H2,1-2H3. The van der Waals surface area contributed by atoms with Gasteiger partial charge in [-0.25, -0.2) is 4.98 Å². The van der Waals surface area contributed by atoms with Crippen molar-refractivity contribution in [2.45, 2.75) is 19.9 Å². The fourth-order valence-corrected chi connectivity index (χ4v) is 3.03. The van der Waals surface area contributed by atoms with Crippen molar-refractivity contribution in [3.8, 4) is 0 Å². The van der Waals surface area contributed by atoms with E-state index in [4.69, 9.17) is 0 Å². The summed E-state index contributed by atoms with van der Waals surface area (Å²) in [7, 11) is 1.82. The highest BCUT2D eigenvalue weighted by Gasteiger charge is 2.13. The normalized spacial score (nSPS) is 10.5. The SMILES string of the molecule is CCN(Cc1ccccc1)c1ccc(C(=O)N(C)CCc2ccncc2)cn1. The van der Waals surface area contributed by atoms with Crippen molar-refractivity contribution in [2.24, 2.45) is 0 Å². The lowest BCUT2D eigenvalue weighted by molar-refractivity contribution is 0.0796. The Kier molecular flexibility index (Phi) is 6.73. The number of hydrogen-bond acceptors (Lipinski definition) is 4. The molecule has 1 amide bonds. The van der Waals surface area contributed by atoms with Crippen molar-refractivity contribution in [1.82, 2.24) is 14.9 Å². The Morgan fingerprint density at radius 2 is 1.71 bits per heavy atom. The van der Waals surface area contributed by atoms with E-state index in [9.17, 15) is 4.79 Å². The number of aromatic nitrogens is 2. The van der Waals surface area contributed by atoms with Gasteiger partial charge in [-0.1, -0.05) is 30.3 Å². The largest absolute Gasteiger partial charge is 0.353 e. The molecule has 0 aliphatic carbocycles. The minimum atomic E-state index is -0.0146. The van der Waals surface area contributed by atoms with Gasteiger partial charge in [-0.3, -0.25) is 9.78 Å². The Morgan fingerprint density at radius 1 is 0.964 bits per heavy atom. The second-order valence-electron chi connectivity index (χ2n) is 6.74. The smallest absolute Gasteiger partial charge is 0.255 e. The zero-order chi connectivity index (χ0) is 19.8. The molecule has 2 heterocycles. The number of hydrogen-bond donors (Lipinski definition) is 0. The molecule has 0 saturated heterocycles. The lowest BCUT2D eigenvalue weighted by Gasteiger charge is -2.22. The molecule has 0 N–H and O–H groups in total. The summed E-state index contributed by atoms with van der Waals surface area (Å²) in [6.07, 6.45) is 6.02. The maximum Gasteiger partial charge on any atom is 0.255 e. The van der Waals surface area contributed by atoms with E-state index in [1.807, 2.05) is 49.5 Å². The van der Waals surface area contributed by atoms with Crippen LogP contribution in [-0.2, 0) is 13.0 Å². The number of amides is 1. The molecule has 0 fully saturated rings. The molecule has 144 valence electrons.